The van der Waals surface area contributed by atoms with Crippen molar-refractivity contribution in [3.63, 3.8) is 0 Å². The molecule has 1 aromatic heterocycles. The van der Waals surface area contributed by atoms with Crippen LogP contribution in [0.1, 0.15) is 11.3 Å². The number of rotatable bonds is 5. The maximum absolute atomic E-state index is 10.8. The van der Waals surface area contributed by atoms with Crippen molar-refractivity contribution >= 4 is 21.6 Å². The summed E-state index contributed by atoms with van der Waals surface area (Å²) in [5.41, 5.74) is 1.72. The Morgan fingerprint density at radius 1 is 1.26 bits per heavy atom. The third kappa shape index (κ3) is 3.55. The molecule has 98 valence electrons. The third-order valence-electron chi connectivity index (χ3n) is 2.50. The first kappa shape index (κ1) is 13.6. The second kappa shape index (κ2) is 6.35. The fourth-order valence-electron chi connectivity index (χ4n) is 1.60. The third-order valence-corrected chi connectivity index (χ3v) is 3.42. The van der Waals surface area contributed by atoms with E-state index in [9.17, 15) is 10.1 Å². The molecule has 2 aromatic rings. The quantitative estimate of drug-likeness (QED) is 0.675. The molecule has 0 aliphatic rings. The highest BCUT2D eigenvalue weighted by molar-refractivity contribution is 9.10. The number of benzene rings is 1. The fraction of sp³-hybridized carbons (Fsp3) is 0.167. The summed E-state index contributed by atoms with van der Waals surface area (Å²) in [7, 11) is 0. The van der Waals surface area contributed by atoms with Gasteiger partial charge in [-0.2, -0.15) is 10.2 Å². The molecule has 0 amide bonds. The second-order valence-corrected chi connectivity index (χ2v) is 4.62. The molecule has 0 saturated carbocycles. The number of aromatic nitrogens is 2. The lowest BCUT2D eigenvalue weighted by molar-refractivity contribution is -0.385. The van der Waals surface area contributed by atoms with Gasteiger partial charge >= 0.3 is 0 Å². The van der Waals surface area contributed by atoms with E-state index in [0.717, 1.165) is 11.3 Å². The molecule has 1 aromatic carbocycles. The van der Waals surface area contributed by atoms with Crippen molar-refractivity contribution in [2.24, 2.45) is 0 Å². The highest BCUT2D eigenvalue weighted by Gasteiger charge is 2.14. The average Bonchev–Trinajstić information content (AvgIpc) is 2.41. The minimum atomic E-state index is -0.406. The van der Waals surface area contributed by atoms with Gasteiger partial charge in [0.15, 0.2) is 0 Å². The van der Waals surface area contributed by atoms with Gasteiger partial charge < -0.3 is 5.32 Å². The zero-order valence-electron chi connectivity index (χ0n) is 9.91. The van der Waals surface area contributed by atoms with Gasteiger partial charge in [0.2, 0.25) is 0 Å². The Morgan fingerprint density at radius 2 is 2.11 bits per heavy atom. The Labute approximate surface area is 118 Å². The zero-order valence-corrected chi connectivity index (χ0v) is 11.5. The molecule has 0 aliphatic heterocycles. The molecular formula is C12H11BrN4O2. The SMILES string of the molecule is O=[N+]([O-])c1cccc(CNCc2cccnn2)c1Br. The van der Waals surface area contributed by atoms with Crippen LogP contribution in [0.5, 0.6) is 0 Å². The number of hydrogen-bond donors (Lipinski definition) is 1. The molecule has 0 atom stereocenters. The van der Waals surface area contributed by atoms with Crippen LogP contribution in [-0.2, 0) is 13.1 Å². The standard InChI is InChI=1S/C12H11BrN4O2/c13-12-9(3-1-5-11(12)17(18)19)7-14-8-10-4-2-6-15-16-10/h1-6,14H,7-8H2. The Kier molecular flexibility index (Phi) is 4.53. The van der Waals surface area contributed by atoms with Crippen molar-refractivity contribution in [1.29, 1.82) is 0 Å². The van der Waals surface area contributed by atoms with Crippen molar-refractivity contribution in [2.45, 2.75) is 13.1 Å². The largest absolute Gasteiger partial charge is 0.307 e. The van der Waals surface area contributed by atoms with E-state index in [1.807, 2.05) is 18.2 Å². The Balaban J connectivity index is 2.00. The van der Waals surface area contributed by atoms with Crippen molar-refractivity contribution < 1.29 is 4.92 Å². The summed E-state index contributed by atoms with van der Waals surface area (Å²) >= 11 is 3.26. The number of nitro groups is 1. The predicted molar refractivity (Wildman–Crippen MR) is 73.4 cm³/mol. The van der Waals surface area contributed by atoms with Crippen molar-refractivity contribution in [3.8, 4) is 0 Å². The van der Waals surface area contributed by atoms with Gasteiger partial charge in [-0.15, -0.1) is 0 Å². The predicted octanol–water partition coefficient (Wildman–Crippen LogP) is 2.44. The van der Waals surface area contributed by atoms with Gasteiger partial charge in [0.05, 0.1) is 15.1 Å². The van der Waals surface area contributed by atoms with Crippen molar-refractivity contribution in [2.75, 3.05) is 0 Å². The number of nitro benzene ring substituents is 1. The van der Waals surface area contributed by atoms with E-state index < -0.39 is 4.92 Å². The first-order chi connectivity index (χ1) is 9.18. The van der Waals surface area contributed by atoms with Crippen LogP contribution in [0.15, 0.2) is 41.0 Å². The lowest BCUT2D eigenvalue weighted by Crippen LogP contribution is -2.14. The Bertz CT molecular complexity index is 577. The lowest BCUT2D eigenvalue weighted by atomic mass is 10.2. The van der Waals surface area contributed by atoms with Crippen LogP contribution in [0.3, 0.4) is 0 Å². The molecule has 7 heteroatoms. The van der Waals surface area contributed by atoms with Gasteiger partial charge in [0.25, 0.3) is 5.69 Å². The van der Waals surface area contributed by atoms with E-state index in [0.29, 0.717) is 17.6 Å². The molecular weight excluding hydrogens is 312 g/mol. The van der Waals surface area contributed by atoms with Crippen LogP contribution in [0, 0.1) is 10.1 Å². The van der Waals surface area contributed by atoms with E-state index in [-0.39, 0.29) is 5.69 Å². The smallest absolute Gasteiger partial charge is 0.283 e. The molecule has 0 unspecified atom stereocenters. The molecule has 6 nitrogen and oxygen atoms in total. The molecule has 1 heterocycles. The molecule has 0 radical (unpaired) electrons. The van der Waals surface area contributed by atoms with E-state index in [4.69, 9.17) is 0 Å². The van der Waals surface area contributed by atoms with E-state index in [2.05, 4.69) is 31.4 Å². The second-order valence-electron chi connectivity index (χ2n) is 3.83. The van der Waals surface area contributed by atoms with Gasteiger partial charge in [-0.1, -0.05) is 12.1 Å². The summed E-state index contributed by atoms with van der Waals surface area (Å²) in [6, 6.07) is 8.65. The van der Waals surface area contributed by atoms with Crippen LogP contribution in [0.2, 0.25) is 0 Å². The first-order valence-electron chi connectivity index (χ1n) is 5.57. The van der Waals surface area contributed by atoms with Gasteiger partial charge in [0.1, 0.15) is 0 Å². The Hall–Kier alpha value is -1.86. The van der Waals surface area contributed by atoms with Gasteiger partial charge in [-0.05, 0) is 33.6 Å². The number of nitrogens with one attached hydrogen (secondary N) is 1. The van der Waals surface area contributed by atoms with Gasteiger partial charge in [0, 0.05) is 25.4 Å². The number of halogens is 1. The van der Waals surface area contributed by atoms with Gasteiger partial charge in [-0.3, -0.25) is 10.1 Å². The van der Waals surface area contributed by atoms with Crippen LogP contribution in [-0.4, -0.2) is 15.1 Å². The molecule has 0 saturated heterocycles. The number of hydrogen-bond acceptors (Lipinski definition) is 5. The van der Waals surface area contributed by atoms with Crippen molar-refractivity contribution in [1.82, 2.24) is 15.5 Å². The number of nitrogens with zero attached hydrogens (tertiary/aromatic N) is 3. The van der Waals surface area contributed by atoms with Crippen LogP contribution >= 0.6 is 15.9 Å². The maximum atomic E-state index is 10.8. The summed E-state index contributed by atoms with van der Waals surface area (Å²) in [4.78, 5) is 10.4. The van der Waals surface area contributed by atoms with E-state index >= 15 is 0 Å². The van der Waals surface area contributed by atoms with Crippen LogP contribution in [0.4, 0.5) is 5.69 Å². The minimum Gasteiger partial charge on any atom is -0.307 e. The summed E-state index contributed by atoms with van der Waals surface area (Å²) in [6.45, 7) is 1.07. The topological polar surface area (TPSA) is 81.0 Å². The van der Waals surface area contributed by atoms with Crippen LogP contribution < -0.4 is 5.32 Å². The summed E-state index contributed by atoms with van der Waals surface area (Å²) < 4.78 is 0.506. The fourth-order valence-corrected chi connectivity index (χ4v) is 2.15. The summed E-state index contributed by atoms with van der Waals surface area (Å²) in [6.07, 6.45) is 1.61. The first-order valence-corrected chi connectivity index (χ1v) is 6.37. The van der Waals surface area contributed by atoms with Gasteiger partial charge in [-0.25, -0.2) is 0 Å². The normalized spacial score (nSPS) is 10.4. The molecule has 1 N–H and O–H groups in total. The minimum absolute atomic E-state index is 0.0683. The monoisotopic (exact) mass is 322 g/mol. The molecule has 0 fully saturated rings. The maximum Gasteiger partial charge on any atom is 0.283 e. The van der Waals surface area contributed by atoms with E-state index in [1.165, 1.54) is 6.07 Å². The molecule has 2 rings (SSSR count). The molecule has 19 heavy (non-hydrogen) atoms. The molecule has 0 aliphatic carbocycles. The Morgan fingerprint density at radius 3 is 2.79 bits per heavy atom. The van der Waals surface area contributed by atoms with E-state index in [1.54, 1.807) is 12.3 Å². The zero-order chi connectivity index (χ0) is 13.7. The summed E-state index contributed by atoms with van der Waals surface area (Å²) in [5, 5.41) is 21.7. The molecule has 0 spiro atoms. The highest BCUT2D eigenvalue weighted by atomic mass is 79.9. The lowest BCUT2D eigenvalue weighted by Gasteiger charge is -2.06. The summed E-state index contributed by atoms with van der Waals surface area (Å²) in [5.74, 6) is 0. The van der Waals surface area contributed by atoms with Crippen LogP contribution in [0.25, 0.3) is 0 Å². The highest BCUT2D eigenvalue weighted by Crippen LogP contribution is 2.28. The molecule has 0 bridgehead atoms. The average molecular weight is 323 g/mol. The van der Waals surface area contributed by atoms with Crippen molar-refractivity contribution in [3.05, 3.63) is 62.4 Å².